The molecule has 1 fully saturated rings. The minimum atomic E-state index is -7.38. The lowest BCUT2D eigenvalue weighted by molar-refractivity contribution is -0.429. The summed E-state index contributed by atoms with van der Waals surface area (Å²) in [5.74, 6) is -16.7. The van der Waals surface area contributed by atoms with Crippen LogP contribution in [0.1, 0.15) is 19.8 Å². The predicted octanol–water partition coefficient (Wildman–Crippen LogP) is 5.68. The highest BCUT2D eigenvalue weighted by Crippen LogP contribution is 2.63. The molecule has 0 radical (unpaired) electrons. The molecule has 2 unspecified atom stereocenters. The Morgan fingerprint density at radius 3 is 1.00 bits per heavy atom. The summed E-state index contributed by atoms with van der Waals surface area (Å²) in [6.07, 6.45) is -54.8. The molecule has 0 bridgehead atoms. The van der Waals surface area contributed by atoms with Crippen molar-refractivity contribution >= 4 is 5.97 Å². The lowest BCUT2D eigenvalue weighted by Gasteiger charge is -2.54. The van der Waals surface area contributed by atoms with Crippen LogP contribution in [0.3, 0.4) is 0 Å². The highest BCUT2D eigenvalue weighted by Gasteiger charge is 2.84. The van der Waals surface area contributed by atoms with Crippen LogP contribution >= 0.6 is 0 Å². The van der Waals surface area contributed by atoms with Crippen LogP contribution in [-0.4, -0.2) is 81.3 Å². The molecule has 0 aromatic rings. The van der Waals surface area contributed by atoms with Gasteiger partial charge in [-0.2, -0.15) is 79.0 Å². The Morgan fingerprint density at radius 1 is 0.571 bits per heavy atom. The SMILES string of the molecule is C=C(C)C(=O)OC1C(C(O)(C(F)(F)F)C(F)(F)F)CC(C(O)(C(F)(F)F)C(F)(F)F)CC1C(O)(C(F)(F)F)C(F)(F)F. The van der Waals surface area contributed by atoms with E-state index in [9.17, 15) is 99.1 Å². The average Bonchev–Trinajstić information content (AvgIpc) is 2.72. The van der Waals surface area contributed by atoms with E-state index in [-0.39, 0.29) is 0 Å². The molecule has 1 rings (SSSR count). The van der Waals surface area contributed by atoms with Crippen LogP contribution in [-0.2, 0) is 9.53 Å². The highest BCUT2D eigenvalue weighted by molar-refractivity contribution is 5.87. The predicted molar refractivity (Wildman–Crippen MR) is 95.6 cm³/mol. The third-order valence-electron chi connectivity index (χ3n) is 6.72. The molecular formula is C19H16F18O5. The van der Waals surface area contributed by atoms with Gasteiger partial charge < -0.3 is 20.1 Å². The number of aliphatic hydroxyl groups is 3. The van der Waals surface area contributed by atoms with E-state index in [1.807, 2.05) is 0 Å². The third-order valence-corrected chi connectivity index (χ3v) is 6.72. The molecule has 0 aliphatic heterocycles. The van der Waals surface area contributed by atoms with E-state index >= 15 is 0 Å². The zero-order chi connectivity index (χ0) is 34.1. The first-order chi connectivity index (χ1) is 18.0. The molecular weight excluding hydrogens is 650 g/mol. The maximum atomic E-state index is 13.7. The van der Waals surface area contributed by atoms with Crippen molar-refractivity contribution in [2.24, 2.45) is 17.8 Å². The number of hydrogen-bond acceptors (Lipinski definition) is 5. The first-order valence-corrected chi connectivity index (χ1v) is 10.5. The van der Waals surface area contributed by atoms with Crippen molar-refractivity contribution in [1.29, 1.82) is 0 Å². The number of ether oxygens (including phenoxy) is 1. The van der Waals surface area contributed by atoms with E-state index in [2.05, 4.69) is 11.3 Å². The Morgan fingerprint density at radius 2 is 0.810 bits per heavy atom. The van der Waals surface area contributed by atoms with Crippen LogP contribution in [0.5, 0.6) is 0 Å². The molecule has 0 aromatic heterocycles. The van der Waals surface area contributed by atoms with E-state index in [1.54, 1.807) is 0 Å². The molecule has 0 aromatic carbocycles. The zero-order valence-electron chi connectivity index (χ0n) is 19.9. The highest BCUT2D eigenvalue weighted by atomic mass is 19.4. The van der Waals surface area contributed by atoms with Gasteiger partial charge in [0.05, 0.1) is 0 Å². The Labute approximate surface area is 220 Å². The second kappa shape index (κ2) is 10.5. The first kappa shape index (κ1) is 37.9. The first-order valence-electron chi connectivity index (χ1n) is 10.5. The van der Waals surface area contributed by atoms with E-state index in [0.29, 0.717) is 6.92 Å². The number of alkyl halides is 18. The fourth-order valence-corrected chi connectivity index (χ4v) is 4.59. The normalized spacial score (nSPS) is 24.4. The van der Waals surface area contributed by atoms with Crippen molar-refractivity contribution in [3.63, 3.8) is 0 Å². The van der Waals surface area contributed by atoms with Gasteiger partial charge in [-0.05, 0) is 19.8 Å². The molecule has 1 saturated carbocycles. The zero-order valence-corrected chi connectivity index (χ0v) is 19.9. The fraction of sp³-hybridized carbons (Fsp3) is 0.842. The number of halogens is 18. The molecule has 248 valence electrons. The van der Waals surface area contributed by atoms with Gasteiger partial charge in [0.2, 0.25) is 0 Å². The van der Waals surface area contributed by atoms with Crippen molar-refractivity contribution in [1.82, 2.24) is 0 Å². The summed E-state index contributed by atoms with van der Waals surface area (Å²) >= 11 is 0. The van der Waals surface area contributed by atoms with E-state index < -0.39 is 102 Å². The Hall–Kier alpha value is -2.17. The van der Waals surface area contributed by atoms with Crippen molar-refractivity contribution in [2.75, 3.05) is 0 Å². The molecule has 5 nitrogen and oxygen atoms in total. The van der Waals surface area contributed by atoms with Crippen molar-refractivity contribution in [2.45, 2.75) is 79.7 Å². The molecule has 1 aliphatic carbocycles. The van der Waals surface area contributed by atoms with Crippen LogP contribution in [0, 0.1) is 17.8 Å². The number of carbonyl (C=O) groups is 1. The maximum Gasteiger partial charge on any atom is 0.426 e. The van der Waals surface area contributed by atoms with E-state index in [0.717, 1.165) is 0 Å². The number of rotatable bonds is 5. The molecule has 42 heavy (non-hydrogen) atoms. The molecule has 0 saturated heterocycles. The molecule has 3 N–H and O–H groups in total. The van der Waals surface area contributed by atoms with Crippen molar-refractivity contribution in [3.8, 4) is 0 Å². The summed E-state index contributed by atoms with van der Waals surface area (Å²) in [5.41, 5.74) is -21.5. The monoisotopic (exact) mass is 666 g/mol. The molecule has 1 aliphatic rings. The average molecular weight is 666 g/mol. The summed E-state index contributed by atoms with van der Waals surface area (Å²) in [6.45, 7) is 3.13. The summed E-state index contributed by atoms with van der Waals surface area (Å²) < 4.78 is 249. The summed E-state index contributed by atoms with van der Waals surface area (Å²) in [5, 5.41) is 29.1. The summed E-state index contributed by atoms with van der Waals surface area (Å²) in [4.78, 5) is 11.9. The number of esters is 1. The van der Waals surface area contributed by atoms with Gasteiger partial charge in [0, 0.05) is 23.3 Å². The van der Waals surface area contributed by atoms with Crippen LogP contribution in [0.25, 0.3) is 0 Å². The van der Waals surface area contributed by atoms with Crippen LogP contribution < -0.4 is 0 Å². The largest absolute Gasteiger partial charge is 0.458 e. The lowest BCUT2D eigenvalue weighted by Crippen LogP contribution is -2.74. The van der Waals surface area contributed by atoms with E-state index in [1.165, 1.54) is 0 Å². The smallest absolute Gasteiger partial charge is 0.426 e. The standard InChI is InChI=1S/C19H16F18O5/c1-5(2)10(38)42-9-7(12(40,16(26,27)28)17(29,30)31)3-6(11(39,14(20,21)22)15(23,24)25)4-8(9)13(41,18(32,33)34)19(35,36)37/h6-9,39-41H,1,3-4H2,2H3. The van der Waals surface area contributed by atoms with E-state index in [4.69, 9.17) is 0 Å². The van der Waals surface area contributed by atoms with Gasteiger partial charge in [-0.1, -0.05) is 6.58 Å². The van der Waals surface area contributed by atoms with Crippen molar-refractivity contribution in [3.05, 3.63) is 12.2 Å². The molecule has 0 heterocycles. The van der Waals surface area contributed by atoms with Crippen molar-refractivity contribution < 1.29 is 104 Å². The Balaban J connectivity index is 4.47. The van der Waals surface area contributed by atoms with Gasteiger partial charge in [-0.3, -0.25) is 0 Å². The number of hydrogen-bond donors (Lipinski definition) is 3. The summed E-state index contributed by atoms with van der Waals surface area (Å²) in [7, 11) is 0. The van der Waals surface area contributed by atoms with Gasteiger partial charge in [0.1, 0.15) is 6.10 Å². The maximum absolute atomic E-state index is 13.7. The van der Waals surface area contributed by atoms with Gasteiger partial charge in [0.25, 0.3) is 16.8 Å². The van der Waals surface area contributed by atoms with Gasteiger partial charge >= 0.3 is 43.0 Å². The third kappa shape index (κ3) is 5.83. The quantitative estimate of drug-likeness (QED) is 0.200. The Kier molecular flexibility index (Phi) is 9.44. The second-order valence-electron chi connectivity index (χ2n) is 9.32. The van der Waals surface area contributed by atoms with Gasteiger partial charge in [0.15, 0.2) is 0 Å². The summed E-state index contributed by atoms with van der Waals surface area (Å²) in [6, 6.07) is 0. The second-order valence-corrected chi connectivity index (χ2v) is 9.32. The molecule has 0 spiro atoms. The fourth-order valence-electron chi connectivity index (χ4n) is 4.59. The minimum absolute atomic E-state index is 0.448. The number of carbonyl (C=O) groups excluding carboxylic acids is 1. The van der Waals surface area contributed by atoms with Crippen LogP contribution in [0.2, 0.25) is 0 Å². The molecule has 0 amide bonds. The Bertz CT molecular complexity index is 925. The van der Waals surface area contributed by atoms with Gasteiger partial charge in [-0.15, -0.1) is 0 Å². The molecule has 2 atom stereocenters. The topological polar surface area (TPSA) is 87.0 Å². The van der Waals surface area contributed by atoms with Crippen LogP contribution in [0.4, 0.5) is 79.0 Å². The van der Waals surface area contributed by atoms with Gasteiger partial charge in [-0.25, -0.2) is 4.79 Å². The minimum Gasteiger partial charge on any atom is -0.458 e. The molecule has 23 heteroatoms. The van der Waals surface area contributed by atoms with Crippen LogP contribution in [0.15, 0.2) is 12.2 Å². The lowest BCUT2D eigenvalue weighted by atomic mass is 9.58.